The first-order chi connectivity index (χ1) is 6.75. The molecule has 0 spiro atoms. The number of imidazole rings is 1. The minimum absolute atomic E-state index is 0.288. The third-order valence-corrected chi connectivity index (χ3v) is 1.88. The third kappa shape index (κ3) is 1.66. The lowest BCUT2D eigenvalue weighted by Gasteiger charge is -1.97. The molecule has 2 aromatic rings. The van der Waals surface area contributed by atoms with Crippen molar-refractivity contribution in [2.24, 2.45) is 0 Å². The molecule has 0 bridgehead atoms. The Kier molecular flexibility index (Phi) is 2.06. The molecule has 2 heterocycles. The van der Waals surface area contributed by atoms with Gasteiger partial charge in [-0.2, -0.15) is 0 Å². The molecule has 0 fully saturated rings. The van der Waals surface area contributed by atoms with Crippen molar-refractivity contribution in [2.45, 2.75) is 6.54 Å². The number of hydrogen-bond acceptors (Lipinski definition) is 2. The van der Waals surface area contributed by atoms with Gasteiger partial charge in [0, 0.05) is 24.8 Å². The Balaban J connectivity index is 2.14. The number of H-pyrrole nitrogens is 1. The van der Waals surface area contributed by atoms with E-state index < -0.39 is 5.97 Å². The fraction of sp³-hybridized carbons (Fsp3) is 0.111. The van der Waals surface area contributed by atoms with Gasteiger partial charge >= 0.3 is 5.97 Å². The minimum Gasteiger partial charge on any atom is -0.478 e. The van der Waals surface area contributed by atoms with Crippen molar-refractivity contribution in [3.05, 3.63) is 42.2 Å². The van der Waals surface area contributed by atoms with Crippen molar-refractivity contribution in [1.29, 1.82) is 0 Å². The first-order valence-electron chi connectivity index (χ1n) is 4.13. The van der Waals surface area contributed by atoms with Crippen molar-refractivity contribution in [2.75, 3.05) is 0 Å². The number of carboxylic acids is 1. The molecule has 2 aromatic heterocycles. The van der Waals surface area contributed by atoms with Gasteiger partial charge in [-0.3, -0.25) is 0 Å². The summed E-state index contributed by atoms with van der Waals surface area (Å²) in [6.45, 7) is 0.556. The number of nitrogens with one attached hydrogen (secondary N) is 1. The van der Waals surface area contributed by atoms with Crippen LogP contribution in [0.4, 0.5) is 0 Å². The lowest BCUT2D eigenvalue weighted by Crippen LogP contribution is -1.99. The fourth-order valence-corrected chi connectivity index (χ4v) is 1.22. The van der Waals surface area contributed by atoms with Crippen LogP contribution in [0.5, 0.6) is 0 Å². The first kappa shape index (κ1) is 8.55. The van der Waals surface area contributed by atoms with Gasteiger partial charge in [-0.25, -0.2) is 9.78 Å². The molecule has 0 radical (unpaired) electrons. The van der Waals surface area contributed by atoms with Gasteiger partial charge in [0.25, 0.3) is 0 Å². The van der Waals surface area contributed by atoms with Crippen LogP contribution in [-0.4, -0.2) is 25.6 Å². The van der Waals surface area contributed by atoms with Crippen LogP contribution in [0.2, 0.25) is 0 Å². The molecule has 14 heavy (non-hydrogen) atoms. The summed E-state index contributed by atoms with van der Waals surface area (Å²) < 4.78 is 1.77. The average molecular weight is 191 g/mol. The highest BCUT2D eigenvalue weighted by atomic mass is 16.4. The van der Waals surface area contributed by atoms with E-state index in [0.29, 0.717) is 6.54 Å². The molecule has 2 N–H and O–H groups in total. The zero-order valence-corrected chi connectivity index (χ0v) is 7.34. The van der Waals surface area contributed by atoms with E-state index in [1.165, 1.54) is 0 Å². The first-order valence-corrected chi connectivity index (χ1v) is 4.13. The van der Waals surface area contributed by atoms with E-state index >= 15 is 0 Å². The van der Waals surface area contributed by atoms with Crippen LogP contribution >= 0.6 is 0 Å². The largest absolute Gasteiger partial charge is 0.478 e. The van der Waals surface area contributed by atoms with Crippen molar-refractivity contribution in [3.63, 3.8) is 0 Å². The predicted octanol–water partition coefficient (Wildman–Crippen LogP) is 0.958. The Labute approximate surface area is 80.0 Å². The van der Waals surface area contributed by atoms with Gasteiger partial charge in [0.2, 0.25) is 0 Å². The molecule has 5 nitrogen and oxygen atoms in total. The maximum atomic E-state index is 10.6. The molecule has 72 valence electrons. The molecule has 0 atom stereocenters. The van der Waals surface area contributed by atoms with E-state index in [4.69, 9.17) is 5.11 Å². The Morgan fingerprint density at radius 2 is 2.50 bits per heavy atom. The number of aromatic carboxylic acids is 1. The van der Waals surface area contributed by atoms with Gasteiger partial charge in [0.05, 0.1) is 12.1 Å². The number of nitrogens with zero attached hydrogens (tertiary/aromatic N) is 2. The Morgan fingerprint density at radius 3 is 3.07 bits per heavy atom. The summed E-state index contributed by atoms with van der Waals surface area (Å²) in [6.07, 6.45) is 6.69. The second-order valence-corrected chi connectivity index (χ2v) is 2.91. The van der Waals surface area contributed by atoms with E-state index in [1.54, 1.807) is 35.4 Å². The molecule has 0 saturated heterocycles. The number of hydrogen-bond donors (Lipinski definition) is 2. The van der Waals surface area contributed by atoms with Gasteiger partial charge in [-0.15, -0.1) is 0 Å². The summed E-state index contributed by atoms with van der Waals surface area (Å²) >= 11 is 0. The summed E-state index contributed by atoms with van der Waals surface area (Å²) in [5.74, 6) is -0.110. The highest BCUT2D eigenvalue weighted by molar-refractivity contribution is 5.87. The molecule has 2 rings (SSSR count). The Morgan fingerprint density at radius 1 is 1.64 bits per heavy atom. The SMILES string of the molecule is O=C(O)c1ccn(Cc2ncc[nH]2)c1. The number of aromatic amines is 1. The smallest absolute Gasteiger partial charge is 0.337 e. The van der Waals surface area contributed by atoms with Gasteiger partial charge in [0.1, 0.15) is 5.82 Å². The molecule has 0 aliphatic heterocycles. The van der Waals surface area contributed by atoms with Crippen LogP contribution in [0.1, 0.15) is 16.2 Å². The fourth-order valence-electron chi connectivity index (χ4n) is 1.22. The number of rotatable bonds is 3. The molecule has 0 amide bonds. The van der Waals surface area contributed by atoms with E-state index in [-0.39, 0.29) is 5.56 Å². The lowest BCUT2D eigenvalue weighted by atomic mass is 10.4. The summed E-state index contributed by atoms with van der Waals surface area (Å²) in [5, 5.41) is 8.69. The third-order valence-electron chi connectivity index (χ3n) is 1.88. The van der Waals surface area contributed by atoms with Crippen molar-refractivity contribution in [3.8, 4) is 0 Å². The average Bonchev–Trinajstić information content (AvgIpc) is 2.75. The molecule has 0 aliphatic rings. The summed E-state index contributed by atoms with van der Waals surface area (Å²) in [6, 6.07) is 1.56. The quantitative estimate of drug-likeness (QED) is 0.759. The zero-order valence-electron chi connectivity index (χ0n) is 7.34. The number of carbonyl (C=O) groups is 1. The molecule has 0 unspecified atom stereocenters. The van der Waals surface area contributed by atoms with E-state index in [0.717, 1.165) is 5.82 Å². The van der Waals surface area contributed by atoms with Crippen LogP contribution < -0.4 is 0 Å². The second kappa shape index (κ2) is 3.37. The standard InChI is InChI=1S/C9H9N3O2/c13-9(14)7-1-4-12(5-7)6-8-10-2-3-11-8/h1-5H,6H2,(H,10,11)(H,13,14). The molecular weight excluding hydrogens is 182 g/mol. The van der Waals surface area contributed by atoms with Crippen LogP contribution in [0.25, 0.3) is 0 Å². The normalized spacial score (nSPS) is 10.3. The van der Waals surface area contributed by atoms with Gasteiger partial charge in [-0.05, 0) is 6.07 Å². The van der Waals surface area contributed by atoms with Gasteiger partial charge in [-0.1, -0.05) is 0 Å². The highest BCUT2D eigenvalue weighted by Gasteiger charge is 2.04. The summed E-state index contributed by atoms with van der Waals surface area (Å²) in [5.41, 5.74) is 0.288. The molecule has 5 heteroatoms. The number of aromatic nitrogens is 3. The van der Waals surface area contributed by atoms with Gasteiger partial charge in [0.15, 0.2) is 0 Å². The van der Waals surface area contributed by atoms with Crippen molar-refractivity contribution in [1.82, 2.24) is 14.5 Å². The topological polar surface area (TPSA) is 70.9 Å². The molecular formula is C9H9N3O2. The number of carboxylic acid groups (broad SMARTS) is 1. The Hall–Kier alpha value is -2.04. The highest BCUT2D eigenvalue weighted by Crippen LogP contribution is 2.03. The van der Waals surface area contributed by atoms with Crippen LogP contribution in [0.3, 0.4) is 0 Å². The molecule has 0 aliphatic carbocycles. The van der Waals surface area contributed by atoms with E-state index in [2.05, 4.69) is 9.97 Å². The second-order valence-electron chi connectivity index (χ2n) is 2.91. The Bertz CT molecular complexity index is 431. The van der Waals surface area contributed by atoms with Crippen LogP contribution in [-0.2, 0) is 6.54 Å². The lowest BCUT2D eigenvalue weighted by molar-refractivity contribution is 0.0697. The summed E-state index contributed by atoms with van der Waals surface area (Å²) in [4.78, 5) is 17.6. The van der Waals surface area contributed by atoms with Crippen LogP contribution in [0, 0.1) is 0 Å². The predicted molar refractivity (Wildman–Crippen MR) is 49.1 cm³/mol. The maximum absolute atomic E-state index is 10.6. The zero-order chi connectivity index (χ0) is 9.97. The summed E-state index contributed by atoms with van der Waals surface area (Å²) in [7, 11) is 0. The van der Waals surface area contributed by atoms with Crippen molar-refractivity contribution < 1.29 is 9.90 Å². The van der Waals surface area contributed by atoms with E-state index in [1.807, 2.05) is 0 Å². The monoisotopic (exact) mass is 191 g/mol. The maximum Gasteiger partial charge on any atom is 0.337 e. The molecule has 0 aromatic carbocycles. The van der Waals surface area contributed by atoms with Crippen LogP contribution in [0.15, 0.2) is 30.9 Å². The van der Waals surface area contributed by atoms with E-state index in [9.17, 15) is 4.79 Å². The van der Waals surface area contributed by atoms with Crippen molar-refractivity contribution >= 4 is 5.97 Å². The molecule has 0 saturated carbocycles. The van der Waals surface area contributed by atoms with Gasteiger partial charge < -0.3 is 14.7 Å². The minimum atomic E-state index is -0.914.